The highest BCUT2D eigenvalue weighted by molar-refractivity contribution is 5.96. The summed E-state index contributed by atoms with van der Waals surface area (Å²) in [5, 5.41) is 10.9. The van der Waals surface area contributed by atoms with Gasteiger partial charge >= 0.3 is 5.97 Å². The molecule has 0 aliphatic rings. The number of aromatic nitrogens is 1. The lowest BCUT2D eigenvalue weighted by atomic mass is 10.2. The van der Waals surface area contributed by atoms with Crippen LogP contribution in [0.3, 0.4) is 0 Å². The van der Waals surface area contributed by atoms with E-state index in [4.69, 9.17) is 11.5 Å². The molecule has 1 heterocycles. The predicted octanol–water partition coefficient (Wildman–Crippen LogP) is 0.427. The van der Waals surface area contributed by atoms with Crippen LogP contribution in [0.4, 0.5) is 4.39 Å². The maximum absolute atomic E-state index is 13.2. The monoisotopic (exact) mass is 236 g/mol. The molecule has 0 spiro atoms. The molecule has 0 fully saturated rings. The Morgan fingerprint density at radius 2 is 2.35 bits per heavy atom. The predicted molar refractivity (Wildman–Crippen MR) is 56.5 cm³/mol. The van der Waals surface area contributed by atoms with Gasteiger partial charge in [-0.15, -0.1) is 12.3 Å². The minimum absolute atomic E-state index is 0.173. The van der Waals surface area contributed by atoms with Crippen LogP contribution in [0.15, 0.2) is 18.5 Å². The van der Waals surface area contributed by atoms with Gasteiger partial charge in [0.25, 0.3) is 5.91 Å². The summed E-state index contributed by atoms with van der Waals surface area (Å²) >= 11 is 0. The van der Waals surface area contributed by atoms with E-state index in [9.17, 15) is 14.0 Å². The van der Waals surface area contributed by atoms with Crippen molar-refractivity contribution in [1.29, 1.82) is 0 Å². The van der Waals surface area contributed by atoms with Gasteiger partial charge < -0.3 is 10.4 Å². The van der Waals surface area contributed by atoms with Crippen LogP contribution in [0.25, 0.3) is 0 Å². The molecule has 0 radical (unpaired) electrons. The third-order valence-electron chi connectivity index (χ3n) is 1.94. The van der Waals surface area contributed by atoms with Crippen molar-refractivity contribution < 1.29 is 19.1 Å². The van der Waals surface area contributed by atoms with Gasteiger partial charge in [-0.1, -0.05) is 0 Å². The minimum atomic E-state index is -1.27. The molecular formula is C11H9FN2O3. The molecular weight excluding hydrogens is 227 g/mol. The smallest absolute Gasteiger partial charge is 0.327 e. The molecule has 1 aromatic heterocycles. The van der Waals surface area contributed by atoms with Gasteiger partial charge in [0.05, 0.1) is 11.8 Å². The van der Waals surface area contributed by atoms with E-state index in [1.54, 1.807) is 0 Å². The molecule has 1 amide bonds. The number of aliphatic carboxylic acids is 1. The van der Waals surface area contributed by atoms with Gasteiger partial charge in [0.1, 0.15) is 6.04 Å². The highest BCUT2D eigenvalue weighted by Crippen LogP contribution is 2.05. The molecule has 1 aromatic rings. The quantitative estimate of drug-likeness (QED) is 0.743. The summed E-state index contributed by atoms with van der Waals surface area (Å²) < 4.78 is 13.2. The summed E-state index contributed by atoms with van der Waals surface area (Å²) in [5.41, 5.74) is -0.275. The van der Waals surface area contributed by atoms with E-state index in [0.29, 0.717) is 0 Å². The average Bonchev–Trinajstić information content (AvgIpc) is 2.28. The second-order valence-electron chi connectivity index (χ2n) is 3.13. The Labute approximate surface area is 96.7 Å². The van der Waals surface area contributed by atoms with Gasteiger partial charge in [-0.25, -0.2) is 9.18 Å². The molecule has 17 heavy (non-hydrogen) atoms. The van der Waals surface area contributed by atoms with Crippen molar-refractivity contribution in [2.24, 2.45) is 0 Å². The average molecular weight is 236 g/mol. The van der Waals surface area contributed by atoms with E-state index >= 15 is 0 Å². The van der Waals surface area contributed by atoms with E-state index in [2.05, 4.69) is 16.2 Å². The largest absolute Gasteiger partial charge is 0.480 e. The number of carboxylic acids is 1. The molecule has 1 unspecified atom stereocenters. The molecule has 0 saturated carbocycles. The molecule has 88 valence electrons. The van der Waals surface area contributed by atoms with Gasteiger partial charge in [-0.05, 0) is 6.07 Å². The number of carboxylic acid groups (broad SMARTS) is 1. The summed E-state index contributed by atoms with van der Waals surface area (Å²) in [4.78, 5) is 25.7. The van der Waals surface area contributed by atoms with Crippen molar-refractivity contribution in [3.05, 3.63) is 29.8 Å². The number of amides is 1. The fourth-order valence-corrected chi connectivity index (χ4v) is 1.11. The SMILES string of the molecule is C#CCC(NC(=O)c1ccncc1F)C(=O)O. The van der Waals surface area contributed by atoms with Crippen LogP contribution in [0.2, 0.25) is 0 Å². The summed E-state index contributed by atoms with van der Waals surface area (Å²) in [6, 6.07) is -0.0838. The Morgan fingerprint density at radius 3 is 2.88 bits per heavy atom. The number of terminal acetylenes is 1. The Bertz CT molecular complexity index is 482. The topological polar surface area (TPSA) is 79.3 Å². The van der Waals surface area contributed by atoms with Crippen molar-refractivity contribution in [2.75, 3.05) is 0 Å². The first kappa shape index (κ1) is 12.6. The second kappa shape index (κ2) is 5.61. The van der Waals surface area contributed by atoms with Crippen molar-refractivity contribution in [3.8, 4) is 12.3 Å². The Kier molecular flexibility index (Phi) is 4.17. The number of pyridine rings is 1. The first-order chi connectivity index (χ1) is 8.06. The van der Waals surface area contributed by atoms with E-state index < -0.39 is 23.7 Å². The van der Waals surface area contributed by atoms with Crippen LogP contribution in [0, 0.1) is 18.2 Å². The summed E-state index contributed by atoms with van der Waals surface area (Å²) in [6.07, 6.45) is 6.89. The molecule has 0 aromatic carbocycles. The molecule has 5 nitrogen and oxygen atoms in total. The zero-order valence-corrected chi connectivity index (χ0v) is 8.68. The third kappa shape index (κ3) is 3.28. The van der Waals surface area contributed by atoms with Gasteiger partial charge in [-0.2, -0.15) is 0 Å². The van der Waals surface area contributed by atoms with E-state index in [-0.39, 0.29) is 12.0 Å². The van der Waals surface area contributed by atoms with Crippen LogP contribution in [0.1, 0.15) is 16.8 Å². The maximum atomic E-state index is 13.2. The summed E-state index contributed by atoms with van der Waals surface area (Å²) in [7, 11) is 0. The number of hydrogen-bond acceptors (Lipinski definition) is 3. The molecule has 1 rings (SSSR count). The second-order valence-corrected chi connectivity index (χ2v) is 3.13. The maximum Gasteiger partial charge on any atom is 0.327 e. The first-order valence-corrected chi connectivity index (χ1v) is 4.63. The van der Waals surface area contributed by atoms with Crippen molar-refractivity contribution in [2.45, 2.75) is 12.5 Å². The van der Waals surface area contributed by atoms with Crippen molar-refractivity contribution in [1.82, 2.24) is 10.3 Å². The Balaban J connectivity index is 2.82. The number of nitrogens with zero attached hydrogens (tertiary/aromatic N) is 1. The number of nitrogens with one attached hydrogen (secondary N) is 1. The van der Waals surface area contributed by atoms with Gasteiger partial charge in [0.2, 0.25) is 0 Å². The molecule has 0 saturated heterocycles. The number of rotatable bonds is 4. The number of hydrogen-bond donors (Lipinski definition) is 2. The lowest BCUT2D eigenvalue weighted by Crippen LogP contribution is -2.40. The highest BCUT2D eigenvalue weighted by atomic mass is 19.1. The highest BCUT2D eigenvalue weighted by Gasteiger charge is 2.21. The standard InChI is InChI=1S/C11H9FN2O3/c1-2-3-9(11(16)17)14-10(15)7-4-5-13-6-8(7)12/h1,4-6,9H,3H2,(H,14,15)(H,16,17). The van der Waals surface area contributed by atoms with E-state index in [1.807, 2.05) is 0 Å². The fourth-order valence-electron chi connectivity index (χ4n) is 1.11. The van der Waals surface area contributed by atoms with Crippen LogP contribution in [0.5, 0.6) is 0 Å². The minimum Gasteiger partial charge on any atom is -0.480 e. The number of carbonyl (C=O) groups excluding carboxylic acids is 1. The summed E-state index contributed by atoms with van der Waals surface area (Å²) in [6.45, 7) is 0. The lowest BCUT2D eigenvalue weighted by Gasteiger charge is -2.11. The third-order valence-corrected chi connectivity index (χ3v) is 1.94. The van der Waals surface area contributed by atoms with Crippen LogP contribution < -0.4 is 5.32 Å². The first-order valence-electron chi connectivity index (χ1n) is 4.63. The Morgan fingerprint density at radius 1 is 1.65 bits per heavy atom. The summed E-state index contributed by atoms with van der Waals surface area (Å²) in [5.74, 6) is -0.818. The zero-order valence-electron chi connectivity index (χ0n) is 8.68. The van der Waals surface area contributed by atoms with E-state index in [0.717, 1.165) is 12.3 Å². The molecule has 0 aliphatic carbocycles. The molecule has 2 N–H and O–H groups in total. The fraction of sp³-hybridized carbons (Fsp3) is 0.182. The Hall–Kier alpha value is -2.42. The van der Waals surface area contributed by atoms with Gasteiger partial charge in [0, 0.05) is 12.6 Å². The number of halogens is 1. The van der Waals surface area contributed by atoms with Gasteiger partial charge in [0.15, 0.2) is 5.82 Å². The molecule has 0 bridgehead atoms. The van der Waals surface area contributed by atoms with Crippen LogP contribution >= 0.6 is 0 Å². The van der Waals surface area contributed by atoms with Gasteiger partial charge in [-0.3, -0.25) is 9.78 Å². The van der Waals surface area contributed by atoms with Crippen molar-refractivity contribution in [3.63, 3.8) is 0 Å². The van der Waals surface area contributed by atoms with Crippen LogP contribution in [-0.2, 0) is 4.79 Å². The molecule has 0 aliphatic heterocycles. The molecule has 1 atom stereocenters. The lowest BCUT2D eigenvalue weighted by molar-refractivity contribution is -0.139. The zero-order chi connectivity index (χ0) is 12.8. The number of carbonyl (C=O) groups is 2. The van der Waals surface area contributed by atoms with Crippen LogP contribution in [-0.4, -0.2) is 28.0 Å². The van der Waals surface area contributed by atoms with Crippen molar-refractivity contribution >= 4 is 11.9 Å². The normalized spacial score (nSPS) is 11.3. The van der Waals surface area contributed by atoms with E-state index in [1.165, 1.54) is 6.20 Å². The molecule has 6 heteroatoms.